The summed E-state index contributed by atoms with van der Waals surface area (Å²) >= 11 is 0. The largest absolute Gasteiger partial charge is 0.508 e. The monoisotopic (exact) mass is 292 g/mol. The molecule has 0 heterocycles. The van der Waals surface area contributed by atoms with Gasteiger partial charge in [0.05, 0.1) is 5.92 Å². The Morgan fingerprint density at radius 3 is 1.95 bits per heavy atom. The molecule has 1 rings (SSSR count). The standard InChI is InChI=1S/C18H28O3/c1-11(2)10-16(14-6-8-15(19)9-7-14)13(5)17(12(3)4)18(20)21/h6-9,11-13,16-17,19H,10H2,1-5H3,(H,20,21)/t13-,16?,17?/m1/s1. The summed E-state index contributed by atoms with van der Waals surface area (Å²) in [6.45, 7) is 10.3. The van der Waals surface area contributed by atoms with E-state index in [1.54, 1.807) is 12.1 Å². The molecule has 0 saturated heterocycles. The molecule has 0 radical (unpaired) electrons. The highest BCUT2D eigenvalue weighted by molar-refractivity contribution is 5.70. The molecule has 2 unspecified atom stereocenters. The van der Waals surface area contributed by atoms with Gasteiger partial charge in [-0.15, -0.1) is 0 Å². The van der Waals surface area contributed by atoms with E-state index in [4.69, 9.17) is 0 Å². The van der Waals surface area contributed by atoms with E-state index in [0.717, 1.165) is 12.0 Å². The zero-order chi connectivity index (χ0) is 16.2. The molecule has 3 atom stereocenters. The molecular formula is C18H28O3. The summed E-state index contributed by atoms with van der Waals surface area (Å²) in [5.41, 5.74) is 1.11. The fraction of sp³-hybridized carbons (Fsp3) is 0.611. The van der Waals surface area contributed by atoms with Gasteiger partial charge in [-0.3, -0.25) is 4.79 Å². The maximum absolute atomic E-state index is 11.6. The highest BCUT2D eigenvalue weighted by Gasteiger charge is 2.34. The minimum Gasteiger partial charge on any atom is -0.508 e. The highest BCUT2D eigenvalue weighted by Crippen LogP contribution is 2.38. The molecule has 0 aromatic heterocycles. The molecule has 0 aliphatic rings. The molecule has 1 aromatic rings. The first-order valence-electron chi connectivity index (χ1n) is 7.75. The number of hydrogen-bond donors (Lipinski definition) is 2. The predicted molar refractivity (Wildman–Crippen MR) is 85.4 cm³/mol. The van der Waals surface area contributed by atoms with Crippen LogP contribution < -0.4 is 0 Å². The van der Waals surface area contributed by atoms with Gasteiger partial charge >= 0.3 is 5.97 Å². The van der Waals surface area contributed by atoms with Gasteiger partial charge < -0.3 is 10.2 Å². The Kier molecular flexibility index (Phi) is 6.25. The lowest BCUT2D eigenvalue weighted by Gasteiger charge is -2.32. The van der Waals surface area contributed by atoms with E-state index in [1.807, 2.05) is 32.9 Å². The number of rotatable bonds is 7. The molecule has 0 saturated carbocycles. The minimum atomic E-state index is -0.718. The molecule has 0 amide bonds. The lowest BCUT2D eigenvalue weighted by atomic mass is 9.72. The van der Waals surface area contributed by atoms with Crippen molar-refractivity contribution in [1.29, 1.82) is 0 Å². The van der Waals surface area contributed by atoms with Gasteiger partial charge in [0.2, 0.25) is 0 Å². The number of phenolic OH excluding ortho intramolecular Hbond substituents is 1. The lowest BCUT2D eigenvalue weighted by Crippen LogP contribution is -2.31. The third-order valence-electron chi connectivity index (χ3n) is 4.25. The van der Waals surface area contributed by atoms with Crippen molar-refractivity contribution in [2.24, 2.45) is 23.7 Å². The molecule has 0 aliphatic carbocycles. The van der Waals surface area contributed by atoms with Crippen LogP contribution in [-0.2, 0) is 4.79 Å². The molecule has 3 nitrogen and oxygen atoms in total. The highest BCUT2D eigenvalue weighted by atomic mass is 16.4. The molecule has 3 heteroatoms. The van der Waals surface area contributed by atoms with Crippen LogP contribution >= 0.6 is 0 Å². The van der Waals surface area contributed by atoms with E-state index in [0.29, 0.717) is 5.92 Å². The first-order chi connectivity index (χ1) is 9.73. The van der Waals surface area contributed by atoms with Gasteiger partial charge in [0.1, 0.15) is 5.75 Å². The van der Waals surface area contributed by atoms with Crippen molar-refractivity contribution in [2.75, 3.05) is 0 Å². The summed E-state index contributed by atoms with van der Waals surface area (Å²) in [5.74, 6) is 0.00149. The summed E-state index contributed by atoms with van der Waals surface area (Å²) in [6, 6.07) is 7.19. The Balaban J connectivity index is 3.11. The maximum atomic E-state index is 11.6. The van der Waals surface area contributed by atoms with Crippen molar-refractivity contribution in [3.05, 3.63) is 29.8 Å². The van der Waals surface area contributed by atoms with E-state index in [-0.39, 0.29) is 29.4 Å². The van der Waals surface area contributed by atoms with Gasteiger partial charge in [-0.25, -0.2) is 0 Å². The number of aliphatic carboxylic acids is 1. The van der Waals surface area contributed by atoms with Crippen LogP contribution in [0.4, 0.5) is 0 Å². The van der Waals surface area contributed by atoms with E-state index < -0.39 is 5.97 Å². The topological polar surface area (TPSA) is 57.5 Å². The van der Waals surface area contributed by atoms with E-state index in [1.165, 1.54) is 0 Å². The fourth-order valence-corrected chi connectivity index (χ4v) is 3.25. The van der Waals surface area contributed by atoms with Crippen LogP contribution in [0.2, 0.25) is 0 Å². The van der Waals surface area contributed by atoms with Crippen LogP contribution in [0.1, 0.15) is 52.5 Å². The lowest BCUT2D eigenvalue weighted by molar-refractivity contribution is -0.145. The fourth-order valence-electron chi connectivity index (χ4n) is 3.25. The molecule has 118 valence electrons. The number of hydrogen-bond acceptors (Lipinski definition) is 2. The second-order valence-corrected chi connectivity index (χ2v) is 6.79. The molecule has 2 N–H and O–H groups in total. The van der Waals surface area contributed by atoms with Crippen LogP contribution in [0.15, 0.2) is 24.3 Å². The third kappa shape index (κ3) is 4.76. The minimum absolute atomic E-state index is 0.0504. The van der Waals surface area contributed by atoms with Crippen molar-refractivity contribution in [1.82, 2.24) is 0 Å². The quantitative estimate of drug-likeness (QED) is 0.777. The summed E-state index contributed by atoms with van der Waals surface area (Å²) in [5, 5.41) is 19.0. The van der Waals surface area contributed by atoms with Gasteiger partial charge in [0, 0.05) is 0 Å². The van der Waals surface area contributed by atoms with Crippen molar-refractivity contribution in [2.45, 2.75) is 47.0 Å². The van der Waals surface area contributed by atoms with Crippen LogP contribution in [0, 0.1) is 23.7 Å². The van der Waals surface area contributed by atoms with Gasteiger partial charge in [-0.2, -0.15) is 0 Å². The van der Waals surface area contributed by atoms with Crippen LogP contribution in [0.3, 0.4) is 0 Å². The Morgan fingerprint density at radius 2 is 1.57 bits per heavy atom. The summed E-state index contributed by atoms with van der Waals surface area (Å²) in [6.07, 6.45) is 0.947. The van der Waals surface area contributed by atoms with E-state index in [9.17, 15) is 15.0 Å². The molecular weight excluding hydrogens is 264 g/mol. The second kappa shape index (κ2) is 7.48. The normalized spacial score (nSPS) is 16.0. The summed E-state index contributed by atoms with van der Waals surface area (Å²) < 4.78 is 0. The number of carboxylic acids is 1. The van der Waals surface area contributed by atoms with Gasteiger partial charge in [-0.05, 0) is 47.8 Å². The third-order valence-corrected chi connectivity index (χ3v) is 4.25. The number of benzene rings is 1. The van der Waals surface area contributed by atoms with Crippen molar-refractivity contribution in [3.63, 3.8) is 0 Å². The number of carboxylic acid groups (broad SMARTS) is 1. The Bertz CT molecular complexity index is 448. The molecule has 0 aliphatic heterocycles. The molecule has 1 aromatic carbocycles. The molecule has 0 fully saturated rings. The molecule has 0 spiro atoms. The first kappa shape index (κ1) is 17.5. The van der Waals surface area contributed by atoms with Crippen molar-refractivity contribution >= 4 is 5.97 Å². The Hall–Kier alpha value is -1.51. The van der Waals surface area contributed by atoms with Crippen LogP contribution in [0.5, 0.6) is 5.75 Å². The maximum Gasteiger partial charge on any atom is 0.307 e. The van der Waals surface area contributed by atoms with E-state index in [2.05, 4.69) is 13.8 Å². The van der Waals surface area contributed by atoms with Crippen LogP contribution in [0.25, 0.3) is 0 Å². The van der Waals surface area contributed by atoms with Crippen molar-refractivity contribution in [3.8, 4) is 5.75 Å². The first-order valence-corrected chi connectivity index (χ1v) is 7.75. The Labute approximate surface area is 128 Å². The number of carbonyl (C=O) groups is 1. The Morgan fingerprint density at radius 1 is 1.05 bits per heavy atom. The average Bonchev–Trinajstić information content (AvgIpc) is 2.35. The summed E-state index contributed by atoms with van der Waals surface area (Å²) in [4.78, 5) is 11.6. The molecule has 21 heavy (non-hydrogen) atoms. The van der Waals surface area contributed by atoms with Gasteiger partial charge in [0.25, 0.3) is 0 Å². The average molecular weight is 292 g/mol. The SMILES string of the molecule is CC(C)CC(c1ccc(O)cc1)[C@@H](C)C(C(=O)O)C(C)C. The van der Waals surface area contributed by atoms with E-state index >= 15 is 0 Å². The van der Waals surface area contributed by atoms with Crippen LogP contribution in [-0.4, -0.2) is 16.2 Å². The van der Waals surface area contributed by atoms with Gasteiger partial charge in [-0.1, -0.05) is 46.8 Å². The smallest absolute Gasteiger partial charge is 0.307 e. The zero-order valence-corrected chi connectivity index (χ0v) is 13.7. The second-order valence-electron chi connectivity index (χ2n) is 6.79. The zero-order valence-electron chi connectivity index (χ0n) is 13.7. The number of phenols is 1. The predicted octanol–water partition coefficient (Wildman–Crippen LogP) is 4.51. The summed E-state index contributed by atoms with van der Waals surface area (Å²) in [7, 11) is 0. The number of aromatic hydroxyl groups is 1. The molecule has 0 bridgehead atoms. The van der Waals surface area contributed by atoms with Crippen molar-refractivity contribution < 1.29 is 15.0 Å². The van der Waals surface area contributed by atoms with Gasteiger partial charge in [0.15, 0.2) is 0 Å².